The fraction of sp³-hybridized carbons (Fsp3) is 0.845. The molecule has 22 heteroatoms. The summed E-state index contributed by atoms with van der Waals surface area (Å²) in [5.74, 6) is -10.7. The molecular formula is C71H127N9O13. The molecule has 2 aliphatic rings. The Morgan fingerprint density at radius 2 is 0.903 bits per heavy atom. The first-order chi connectivity index (χ1) is 43.2. The predicted molar refractivity (Wildman–Crippen MR) is 363 cm³/mol. The Morgan fingerprint density at radius 3 is 1.38 bits per heavy atom. The topological polar surface area (TPSA) is 255 Å². The van der Waals surface area contributed by atoms with Crippen molar-refractivity contribution in [1.29, 1.82) is 0 Å². The van der Waals surface area contributed by atoms with Gasteiger partial charge in [-0.3, -0.25) is 57.6 Å². The number of ketones is 3. The van der Waals surface area contributed by atoms with Gasteiger partial charge in [-0.2, -0.15) is 0 Å². The predicted octanol–water partition coefficient (Wildman–Crippen LogP) is 6.86. The number of amides is 8. The molecule has 2 heterocycles. The van der Waals surface area contributed by atoms with Crippen LogP contribution in [0.25, 0.3) is 0 Å². The summed E-state index contributed by atoms with van der Waals surface area (Å²) in [5.41, 5.74) is 0. The van der Waals surface area contributed by atoms with E-state index in [-0.39, 0.29) is 86.1 Å². The lowest BCUT2D eigenvalue weighted by Gasteiger charge is -2.41. The Bertz CT molecular complexity index is 2480. The fourth-order valence-corrected chi connectivity index (χ4v) is 13.2. The molecule has 0 aliphatic carbocycles. The number of Topliss-reactive ketones (excluding diaryl/α,β-unsaturated/α-hetero) is 3. The molecule has 13 atom stereocenters. The summed E-state index contributed by atoms with van der Waals surface area (Å²) in [6, 6.07) is -9.26. The second-order valence-electron chi connectivity index (χ2n) is 29.9. The van der Waals surface area contributed by atoms with E-state index in [0.29, 0.717) is 19.6 Å². The lowest BCUT2D eigenvalue weighted by Crippen LogP contribution is -2.61. The highest BCUT2D eigenvalue weighted by atomic mass is 16.5. The maximum Gasteiger partial charge on any atom is 0.246 e. The van der Waals surface area contributed by atoms with Crippen LogP contribution in [0.15, 0.2) is 0 Å². The summed E-state index contributed by atoms with van der Waals surface area (Å²) >= 11 is 0. The number of carbonyl (C=O) groups is 11. The van der Waals surface area contributed by atoms with Crippen molar-refractivity contribution in [2.45, 2.75) is 249 Å². The van der Waals surface area contributed by atoms with Crippen LogP contribution in [0, 0.1) is 59.2 Å². The number of likely N-dealkylation sites (N-methyl/N-ethyl adjacent to an activating group) is 7. The van der Waals surface area contributed by atoms with Crippen LogP contribution in [0.4, 0.5) is 0 Å². The molecule has 0 bridgehead atoms. The van der Waals surface area contributed by atoms with Crippen LogP contribution >= 0.6 is 0 Å². The van der Waals surface area contributed by atoms with Gasteiger partial charge in [0.05, 0.1) is 31.4 Å². The van der Waals surface area contributed by atoms with Gasteiger partial charge < -0.3 is 49.5 Å². The summed E-state index contributed by atoms with van der Waals surface area (Å²) in [6.07, 6.45) is 1.63. The lowest BCUT2D eigenvalue weighted by atomic mass is 9.84. The van der Waals surface area contributed by atoms with Gasteiger partial charge in [0.2, 0.25) is 47.3 Å². The third kappa shape index (κ3) is 24.1. The van der Waals surface area contributed by atoms with Crippen molar-refractivity contribution in [3.05, 3.63) is 0 Å². The SMILES string of the molecule is CC[C@H]1CC(=O)[C@@H]([C@H](O)[C@H](C)CCCCCN2CCOCC2)N(C)C(=O)[C@@H](C(C)C)N(C)C(=O)[C@@H](CC(C)C)N(C)C(=O)[C@@H](CC(C)C)N(C)C(=O)[C@H](C)NC(=O)[C@@H](C)CC(=O)[C@@H](CC(C)C)N(C)C(=O)[C@@H](C(C)C)CC(=O)[C@H](CC(C)C)N(C)C(=O)[C@@H](C)N(C)C1=O. The van der Waals surface area contributed by atoms with Crippen LogP contribution < -0.4 is 5.32 Å². The van der Waals surface area contributed by atoms with Gasteiger partial charge >= 0.3 is 0 Å². The number of hydrogen-bond acceptors (Lipinski definition) is 14. The van der Waals surface area contributed by atoms with E-state index in [9.17, 15) is 38.7 Å². The van der Waals surface area contributed by atoms with E-state index in [0.717, 1.165) is 38.9 Å². The van der Waals surface area contributed by atoms with Crippen LogP contribution in [0.1, 0.15) is 195 Å². The van der Waals surface area contributed by atoms with Gasteiger partial charge in [0.1, 0.15) is 36.3 Å². The molecule has 0 spiro atoms. The van der Waals surface area contributed by atoms with Gasteiger partial charge in [0.15, 0.2) is 17.3 Å². The number of carbonyl (C=O) groups excluding carboxylic acids is 11. The summed E-state index contributed by atoms with van der Waals surface area (Å²) in [5, 5.41) is 15.3. The Balaban J connectivity index is 2.97. The minimum absolute atomic E-state index is 0.0695. The number of nitrogens with zero attached hydrogens (tertiary/aromatic N) is 8. The van der Waals surface area contributed by atoms with Crippen LogP contribution in [-0.4, -0.2) is 246 Å². The summed E-state index contributed by atoms with van der Waals surface area (Å²) in [4.78, 5) is 175. The molecule has 2 rings (SSSR count). The molecule has 0 unspecified atom stereocenters. The number of aliphatic hydroxyl groups excluding tert-OH is 1. The molecule has 534 valence electrons. The Labute approximate surface area is 560 Å². The molecule has 0 aromatic rings. The summed E-state index contributed by atoms with van der Waals surface area (Å²) in [6.45, 7) is 34.6. The van der Waals surface area contributed by atoms with Crippen molar-refractivity contribution >= 4 is 64.6 Å². The molecule has 93 heavy (non-hydrogen) atoms. The molecule has 0 aromatic heterocycles. The molecule has 0 saturated carbocycles. The van der Waals surface area contributed by atoms with Crippen molar-refractivity contribution in [3.63, 3.8) is 0 Å². The Morgan fingerprint density at radius 1 is 0.462 bits per heavy atom. The molecule has 8 amide bonds. The van der Waals surface area contributed by atoms with E-state index >= 15 is 19.2 Å². The number of rotatable bonds is 19. The summed E-state index contributed by atoms with van der Waals surface area (Å²) < 4.78 is 5.52. The van der Waals surface area contributed by atoms with Crippen LogP contribution in [0.5, 0.6) is 0 Å². The molecule has 2 fully saturated rings. The number of ether oxygens (including phenoxy) is 1. The molecule has 2 saturated heterocycles. The number of morpholine rings is 1. The van der Waals surface area contributed by atoms with Gasteiger partial charge in [-0.25, -0.2) is 0 Å². The molecule has 0 aromatic carbocycles. The molecule has 2 N–H and O–H groups in total. The van der Waals surface area contributed by atoms with Crippen LogP contribution in [0.2, 0.25) is 0 Å². The van der Waals surface area contributed by atoms with E-state index in [2.05, 4.69) is 10.2 Å². The zero-order valence-electron chi connectivity index (χ0n) is 61.9. The number of hydrogen-bond donors (Lipinski definition) is 2. The van der Waals surface area contributed by atoms with Crippen LogP contribution in [0.3, 0.4) is 0 Å². The third-order valence-corrected chi connectivity index (χ3v) is 19.5. The van der Waals surface area contributed by atoms with E-state index in [1.807, 2.05) is 76.2 Å². The molecule has 0 radical (unpaired) electrons. The molecule has 2 aliphatic heterocycles. The van der Waals surface area contributed by atoms with Gasteiger partial charge in [-0.1, -0.05) is 117 Å². The Kier molecular flexibility index (Phi) is 35.1. The summed E-state index contributed by atoms with van der Waals surface area (Å²) in [7, 11) is 10.4. The first-order valence-corrected chi connectivity index (χ1v) is 34.9. The van der Waals surface area contributed by atoms with Crippen LogP contribution in [-0.2, 0) is 57.5 Å². The molecule has 22 nitrogen and oxygen atoms in total. The standard InChI is InChI=1S/C71H127N9O13/c1-25-52-40-60(83)62(63(84)48(14)29-27-26-28-30-80-31-33-93-34-32-80)79(24)71(92)61(47(12)13)78(23)70(91)57(38-45(8)9)77(22)69(90)56(37-44(6)7)76(21)65(86)50(16)72-64(85)49(15)39-58(81)54(35-42(2)3)75(20)68(89)53(46(10)11)41-59(82)55(36-43(4)5)74(19)66(87)51(17)73(18)67(52)88/h42-57,61-63,84H,25-41H2,1-24H3,(H,72,85)/t48-,49+,50+,51-,52+,53-,54-,55+,56-,57-,61-,62+,63-/m1/s1. The van der Waals surface area contributed by atoms with Gasteiger partial charge in [-0.05, 0) is 107 Å². The van der Waals surface area contributed by atoms with Gasteiger partial charge in [0, 0.05) is 99.4 Å². The van der Waals surface area contributed by atoms with E-state index in [1.54, 1.807) is 34.6 Å². The van der Waals surface area contributed by atoms with Crippen molar-refractivity contribution in [1.82, 2.24) is 44.5 Å². The van der Waals surface area contributed by atoms with Crippen molar-refractivity contribution in [3.8, 4) is 0 Å². The van der Waals surface area contributed by atoms with E-state index in [4.69, 9.17) is 4.74 Å². The normalized spacial score (nSPS) is 27.8. The first-order valence-electron chi connectivity index (χ1n) is 34.9. The third-order valence-electron chi connectivity index (χ3n) is 19.5. The highest BCUT2D eigenvalue weighted by molar-refractivity contribution is 6.00. The average molecular weight is 1310 g/mol. The fourth-order valence-electron chi connectivity index (χ4n) is 13.2. The van der Waals surface area contributed by atoms with Crippen molar-refractivity contribution in [2.75, 3.05) is 82.2 Å². The number of nitrogens with one attached hydrogen (secondary N) is 1. The minimum atomic E-state index is -1.48. The minimum Gasteiger partial charge on any atom is -0.390 e. The lowest BCUT2D eigenvalue weighted by molar-refractivity contribution is -0.157. The van der Waals surface area contributed by atoms with E-state index < -0.39 is 143 Å². The number of aliphatic hydroxyl groups is 1. The second-order valence-corrected chi connectivity index (χ2v) is 29.9. The van der Waals surface area contributed by atoms with Gasteiger partial charge in [-0.15, -0.1) is 0 Å². The first kappa shape index (κ1) is 83.7. The maximum absolute atomic E-state index is 15.4. The Hall–Kier alpha value is -5.35. The maximum atomic E-state index is 15.4. The molecular weight excluding hydrogens is 1190 g/mol. The monoisotopic (exact) mass is 1310 g/mol. The smallest absolute Gasteiger partial charge is 0.246 e. The van der Waals surface area contributed by atoms with Crippen molar-refractivity contribution in [2.24, 2.45) is 59.2 Å². The second kappa shape index (κ2) is 39.0. The van der Waals surface area contributed by atoms with E-state index in [1.165, 1.54) is 90.6 Å². The highest BCUT2D eigenvalue weighted by Crippen LogP contribution is 2.30. The van der Waals surface area contributed by atoms with Gasteiger partial charge in [0.25, 0.3) is 0 Å². The highest BCUT2D eigenvalue weighted by Gasteiger charge is 2.46. The largest absolute Gasteiger partial charge is 0.390 e. The zero-order chi connectivity index (χ0) is 71.4. The zero-order valence-corrected chi connectivity index (χ0v) is 61.9. The quantitative estimate of drug-likeness (QED) is 0.125. The number of unbranched alkanes of at least 4 members (excludes halogenated alkanes) is 2. The average Bonchev–Trinajstić information content (AvgIpc) is 0.817. The van der Waals surface area contributed by atoms with Crippen molar-refractivity contribution < 1.29 is 62.6 Å².